The number of aromatic nitrogens is 1. The van der Waals surface area contributed by atoms with Crippen LogP contribution < -0.4 is 0 Å². The highest BCUT2D eigenvalue weighted by Crippen LogP contribution is 2.45. The van der Waals surface area contributed by atoms with Gasteiger partial charge in [0.15, 0.2) is 11.6 Å². The van der Waals surface area contributed by atoms with Crippen molar-refractivity contribution in [3.8, 4) is 16.6 Å². The van der Waals surface area contributed by atoms with Crippen LogP contribution in [-0.2, 0) is 9.59 Å². The summed E-state index contributed by atoms with van der Waals surface area (Å²) < 4.78 is 0. The second kappa shape index (κ2) is 5.64. The highest BCUT2D eigenvalue weighted by molar-refractivity contribution is 7.15. The van der Waals surface area contributed by atoms with Crippen LogP contribution in [-0.4, -0.2) is 16.6 Å². The molecule has 2 aromatic rings. The van der Waals surface area contributed by atoms with Crippen molar-refractivity contribution in [3.63, 3.8) is 0 Å². The van der Waals surface area contributed by atoms with E-state index >= 15 is 0 Å². The standard InChI is InChI=1S/C19H16N2O2S/c1-10-16(15-17(22)13-6-7-14(8-13)18(15)23)21-19(24-10)12-4-2-11(9-20)3-5-12/h2-5,13-15H,6-8H2,1H3/t13-,14+,15?. The van der Waals surface area contributed by atoms with Crippen LogP contribution in [0.15, 0.2) is 24.3 Å². The van der Waals surface area contributed by atoms with Crippen LogP contribution in [0.1, 0.15) is 41.3 Å². The summed E-state index contributed by atoms with van der Waals surface area (Å²) in [5.41, 5.74) is 2.15. The van der Waals surface area contributed by atoms with E-state index in [1.54, 1.807) is 12.1 Å². The van der Waals surface area contributed by atoms with Crippen molar-refractivity contribution in [2.45, 2.75) is 32.1 Å². The molecular weight excluding hydrogens is 320 g/mol. The molecule has 1 heterocycles. The van der Waals surface area contributed by atoms with Gasteiger partial charge in [0.25, 0.3) is 0 Å². The lowest BCUT2D eigenvalue weighted by Crippen LogP contribution is -2.35. The summed E-state index contributed by atoms with van der Waals surface area (Å²) in [6.07, 6.45) is 2.43. The molecule has 24 heavy (non-hydrogen) atoms. The maximum atomic E-state index is 12.7. The molecule has 0 saturated heterocycles. The molecule has 0 amide bonds. The van der Waals surface area contributed by atoms with E-state index in [-0.39, 0.29) is 23.4 Å². The lowest BCUT2D eigenvalue weighted by atomic mass is 9.77. The molecule has 2 saturated carbocycles. The van der Waals surface area contributed by atoms with Crippen molar-refractivity contribution in [2.75, 3.05) is 0 Å². The number of rotatable bonds is 2. The number of nitriles is 1. The summed E-state index contributed by atoms with van der Waals surface area (Å²) in [7, 11) is 0. The molecular formula is C19H16N2O2S. The number of hydrogen-bond acceptors (Lipinski definition) is 5. The average molecular weight is 336 g/mol. The second-order valence-electron chi connectivity index (χ2n) is 6.59. The van der Waals surface area contributed by atoms with E-state index in [1.807, 2.05) is 19.1 Å². The minimum Gasteiger partial charge on any atom is -0.298 e. The Labute approximate surface area is 144 Å². The zero-order valence-corrected chi connectivity index (χ0v) is 14.1. The Morgan fingerprint density at radius 3 is 2.33 bits per heavy atom. The first-order valence-electron chi connectivity index (χ1n) is 8.14. The van der Waals surface area contributed by atoms with Gasteiger partial charge in [0, 0.05) is 22.3 Å². The zero-order valence-electron chi connectivity index (χ0n) is 13.3. The van der Waals surface area contributed by atoms with Crippen LogP contribution in [0.4, 0.5) is 0 Å². The van der Waals surface area contributed by atoms with Crippen molar-refractivity contribution in [1.29, 1.82) is 5.26 Å². The van der Waals surface area contributed by atoms with E-state index in [2.05, 4.69) is 11.1 Å². The Balaban J connectivity index is 1.72. The van der Waals surface area contributed by atoms with Crippen LogP contribution in [0.5, 0.6) is 0 Å². The van der Waals surface area contributed by atoms with Crippen LogP contribution in [0.2, 0.25) is 0 Å². The van der Waals surface area contributed by atoms with Gasteiger partial charge in [0.05, 0.1) is 17.3 Å². The molecule has 3 atom stereocenters. The number of thiazole rings is 1. The van der Waals surface area contributed by atoms with Gasteiger partial charge in [-0.05, 0) is 38.3 Å². The third kappa shape index (κ3) is 2.30. The highest BCUT2D eigenvalue weighted by Gasteiger charge is 2.48. The Morgan fingerprint density at radius 1 is 1.12 bits per heavy atom. The fourth-order valence-electron chi connectivity index (χ4n) is 3.87. The van der Waals surface area contributed by atoms with Gasteiger partial charge in [0.2, 0.25) is 0 Å². The van der Waals surface area contributed by atoms with Gasteiger partial charge in [-0.25, -0.2) is 4.98 Å². The van der Waals surface area contributed by atoms with Crippen molar-refractivity contribution < 1.29 is 9.59 Å². The number of fused-ring (bicyclic) bond motifs is 2. The number of nitrogens with zero attached hydrogens (tertiary/aromatic N) is 2. The third-order valence-corrected chi connectivity index (χ3v) is 6.21. The number of Topliss-reactive ketones (excluding diaryl/α,β-unsaturated/α-hetero) is 2. The smallest absolute Gasteiger partial charge is 0.152 e. The van der Waals surface area contributed by atoms with Gasteiger partial charge in [0.1, 0.15) is 10.9 Å². The van der Waals surface area contributed by atoms with E-state index in [4.69, 9.17) is 5.26 Å². The van der Waals surface area contributed by atoms with E-state index in [0.717, 1.165) is 34.7 Å². The fourth-order valence-corrected chi connectivity index (χ4v) is 4.82. The quantitative estimate of drug-likeness (QED) is 0.785. The Kier molecular flexibility index (Phi) is 3.58. The first-order valence-corrected chi connectivity index (χ1v) is 8.95. The minimum absolute atomic E-state index is 0.0390. The van der Waals surface area contributed by atoms with Crippen LogP contribution >= 0.6 is 11.3 Å². The van der Waals surface area contributed by atoms with Gasteiger partial charge in [-0.2, -0.15) is 5.26 Å². The molecule has 2 fully saturated rings. The molecule has 4 nitrogen and oxygen atoms in total. The second-order valence-corrected chi connectivity index (χ2v) is 7.80. The van der Waals surface area contributed by atoms with Crippen molar-refractivity contribution in [1.82, 2.24) is 4.98 Å². The molecule has 120 valence electrons. The van der Waals surface area contributed by atoms with Crippen molar-refractivity contribution in [3.05, 3.63) is 40.4 Å². The summed E-state index contributed by atoms with van der Waals surface area (Å²) in [6.45, 7) is 1.93. The molecule has 1 unspecified atom stereocenters. The number of carbonyl (C=O) groups is 2. The number of aryl methyl sites for hydroxylation is 1. The Hall–Kier alpha value is -2.32. The lowest BCUT2D eigenvalue weighted by molar-refractivity contribution is -0.136. The number of carbonyl (C=O) groups excluding carboxylic acids is 2. The molecule has 5 heteroatoms. The fraction of sp³-hybridized carbons (Fsp3) is 0.368. The molecule has 0 N–H and O–H groups in total. The number of hydrogen-bond donors (Lipinski definition) is 0. The molecule has 0 aliphatic heterocycles. The molecule has 1 aromatic heterocycles. The van der Waals surface area contributed by atoms with Crippen LogP contribution in [0.25, 0.3) is 10.6 Å². The summed E-state index contributed by atoms with van der Waals surface area (Å²) in [5.74, 6) is -0.462. The van der Waals surface area contributed by atoms with Gasteiger partial charge in [-0.3, -0.25) is 9.59 Å². The SMILES string of the molecule is Cc1sc(-c2ccc(C#N)cc2)nc1C1C(=O)[C@@H]2CC[C@@H](C2)C1=O. The van der Waals surface area contributed by atoms with E-state index in [1.165, 1.54) is 11.3 Å². The summed E-state index contributed by atoms with van der Waals surface area (Å²) in [4.78, 5) is 31.0. The predicted molar refractivity (Wildman–Crippen MR) is 90.6 cm³/mol. The molecule has 0 radical (unpaired) electrons. The molecule has 0 spiro atoms. The van der Waals surface area contributed by atoms with E-state index in [0.29, 0.717) is 11.3 Å². The lowest BCUT2D eigenvalue weighted by Gasteiger charge is -2.24. The van der Waals surface area contributed by atoms with Crippen LogP contribution in [0, 0.1) is 30.1 Å². The first kappa shape index (κ1) is 15.2. The summed E-state index contributed by atoms with van der Waals surface area (Å²) in [5, 5.41) is 9.69. The number of benzene rings is 1. The van der Waals surface area contributed by atoms with Crippen molar-refractivity contribution >= 4 is 22.9 Å². The zero-order chi connectivity index (χ0) is 16.8. The average Bonchev–Trinajstić information content (AvgIpc) is 3.20. The molecule has 2 bridgehead atoms. The minimum atomic E-state index is -0.667. The summed E-state index contributed by atoms with van der Waals surface area (Å²) >= 11 is 1.50. The first-order chi connectivity index (χ1) is 11.6. The normalized spacial score (nSPS) is 25.8. The molecule has 1 aromatic carbocycles. The van der Waals surface area contributed by atoms with Gasteiger partial charge < -0.3 is 0 Å². The topological polar surface area (TPSA) is 70.8 Å². The molecule has 4 rings (SSSR count). The van der Waals surface area contributed by atoms with Crippen LogP contribution in [0.3, 0.4) is 0 Å². The Bertz CT molecular complexity index is 854. The predicted octanol–water partition coefficient (Wildman–Crippen LogP) is 3.64. The van der Waals surface area contributed by atoms with E-state index in [9.17, 15) is 9.59 Å². The monoisotopic (exact) mass is 336 g/mol. The van der Waals surface area contributed by atoms with E-state index < -0.39 is 5.92 Å². The highest BCUT2D eigenvalue weighted by atomic mass is 32.1. The maximum Gasteiger partial charge on any atom is 0.152 e. The third-order valence-electron chi connectivity index (χ3n) is 5.17. The maximum absolute atomic E-state index is 12.7. The van der Waals surface area contributed by atoms with Crippen molar-refractivity contribution in [2.24, 2.45) is 11.8 Å². The molecule has 2 aliphatic carbocycles. The van der Waals surface area contributed by atoms with Gasteiger partial charge in [-0.1, -0.05) is 12.1 Å². The molecule has 2 aliphatic rings. The largest absolute Gasteiger partial charge is 0.298 e. The van der Waals surface area contributed by atoms with Gasteiger partial charge >= 0.3 is 0 Å². The Morgan fingerprint density at radius 2 is 1.75 bits per heavy atom. The summed E-state index contributed by atoms with van der Waals surface area (Å²) in [6, 6.07) is 9.31. The van der Waals surface area contributed by atoms with Gasteiger partial charge in [-0.15, -0.1) is 11.3 Å². The number of ketones is 2.